The van der Waals surface area contributed by atoms with E-state index in [4.69, 9.17) is 4.74 Å². The Hall–Kier alpha value is -3.27. The van der Waals surface area contributed by atoms with Crippen molar-refractivity contribution in [3.63, 3.8) is 0 Å². The zero-order valence-corrected chi connectivity index (χ0v) is 21.8. The molecule has 208 valence electrons. The molecule has 7 nitrogen and oxygen atoms in total. The Bertz CT molecular complexity index is 1010. The van der Waals surface area contributed by atoms with Crippen molar-refractivity contribution in [1.82, 2.24) is 10.2 Å². The van der Waals surface area contributed by atoms with Crippen LogP contribution in [0.1, 0.15) is 32.3 Å². The van der Waals surface area contributed by atoms with Crippen molar-refractivity contribution in [2.24, 2.45) is 11.8 Å². The fraction of sp³-hybridized carbons (Fsp3) is 0.500. The van der Waals surface area contributed by atoms with E-state index in [1.165, 1.54) is 24.3 Å². The fourth-order valence-electron chi connectivity index (χ4n) is 4.26. The Morgan fingerprint density at radius 2 is 1.68 bits per heavy atom. The number of halogens is 3. The zero-order valence-electron chi connectivity index (χ0n) is 21.8. The van der Waals surface area contributed by atoms with Gasteiger partial charge in [0.05, 0.1) is 13.2 Å². The normalized spacial score (nSPS) is 15.6. The number of hydrogen-bond acceptors (Lipinski definition) is 5. The van der Waals surface area contributed by atoms with Crippen molar-refractivity contribution in [2.75, 3.05) is 38.2 Å². The number of carbonyl (C=O) groups is 2. The first-order valence-corrected chi connectivity index (χ1v) is 12.9. The van der Waals surface area contributed by atoms with Gasteiger partial charge < -0.3 is 25.0 Å². The number of nitrogens with one attached hydrogen (secondary N) is 2. The number of carbonyl (C=O) groups excluding carboxylic acids is 2. The Morgan fingerprint density at radius 3 is 2.29 bits per heavy atom. The van der Waals surface area contributed by atoms with Crippen LogP contribution in [0.2, 0.25) is 0 Å². The molecule has 0 aromatic heterocycles. The second-order valence-corrected chi connectivity index (χ2v) is 9.68. The summed E-state index contributed by atoms with van der Waals surface area (Å²) in [5.41, 5.74) is 1.74. The molecule has 0 saturated carbocycles. The van der Waals surface area contributed by atoms with Crippen LogP contribution in [-0.4, -0.2) is 62.0 Å². The van der Waals surface area contributed by atoms with Crippen LogP contribution >= 0.6 is 0 Å². The van der Waals surface area contributed by atoms with Crippen LogP contribution < -0.4 is 15.4 Å². The molecule has 2 amide bonds. The van der Waals surface area contributed by atoms with Gasteiger partial charge in [-0.15, -0.1) is 13.2 Å². The number of hydrogen-bond donors (Lipinski definition) is 2. The number of alkyl halides is 3. The topological polar surface area (TPSA) is 79.9 Å². The summed E-state index contributed by atoms with van der Waals surface area (Å²) >= 11 is 0. The second-order valence-electron chi connectivity index (χ2n) is 9.68. The summed E-state index contributed by atoms with van der Waals surface area (Å²) in [5, 5.41) is 6.20. The smallest absolute Gasteiger partial charge is 0.406 e. The van der Waals surface area contributed by atoms with Gasteiger partial charge in [-0.3, -0.25) is 9.59 Å². The minimum atomic E-state index is -4.75. The van der Waals surface area contributed by atoms with E-state index in [1.807, 2.05) is 44.2 Å². The lowest BCUT2D eigenvalue weighted by Crippen LogP contribution is -2.51. The van der Waals surface area contributed by atoms with E-state index in [0.717, 1.165) is 12.0 Å². The van der Waals surface area contributed by atoms with Gasteiger partial charge in [0, 0.05) is 31.4 Å². The van der Waals surface area contributed by atoms with Crippen LogP contribution in [0.25, 0.3) is 0 Å². The summed E-state index contributed by atoms with van der Waals surface area (Å²) < 4.78 is 46.5. The van der Waals surface area contributed by atoms with Gasteiger partial charge in [-0.05, 0) is 55.0 Å². The summed E-state index contributed by atoms with van der Waals surface area (Å²) in [6, 6.07) is 15.1. The van der Waals surface area contributed by atoms with Crippen LogP contribution in [0, 0.1) is 11.8 Å². The summed E-state index contributed by atoms with van der Waals surface area (Å²) in [4.78, 5) is 28.5. The number of nitrogens with zero attached hydrogens (tertiary/aromatic N) is 1. The van der Waals surface area contributed by atoms with Gasteiger partial charge in [-0.1, -0.05) is 44.2 Å². The highest BCUT2D eigenvalue weighted by molar-refractivity contribution is 6.00. The Labute approximate surface area is 221 Å². The molecule has 0 bridgehead atoms. The molecule has 1 fully saturated rings. The summed E-state index contributed by atoms with van der Waals surface area (Å²) in [5.74, 6) is -1.57. The molecule has 10 heteroatoms. The summed E-state index contributed by atoms with van der Waals surface area (Å²) in [6.07, 6.45) is -2.87. The molecule has 1 aliphatic rings. The van der Waals surface area contributed by atoms with Crippen molar-refractivity contribution in [1.29, 1.82) is 0 Å². The zero-order chi connectivity index (χ0) is 27.5. The molecular formula is C28H36F3N3O4. The molecule has 38 heavy (non-hydrogen) atoms. The molecule has 3 rings (SSSR count). The average Bonchev–Trinajstić information content (AvgIpc) is 2.89. The summed E-state index contributed by atoms with van der Waals surface area (Å²) in [6.45, 7) is 6.09. The predicted octanol–water partition coefficient (Wildman–Crippen LogP) is 4.64. The molecule has 1 heterocycles. The first kappa shape index (κ1) is 29.3. The van der Waals surface area contributed by atoms with Crippen molar-refractivity contribution < 1.29 is 32.2 Å². The van der Waals surface area contributed by atoms with E-state index < -0.39 is 12.3 Å². The Morgan fingerprint density at radius 1 is 1.03 bits per heavy atom. The highest BCUT2D eigenvalue weighted by atomic mass is 19.4. The number of morpholine rings is 1. The Kier molecular flexibility index (Phi) is 10.8. The third-order valence-electron chi connectivity index (χ3n) is 6.48. The van der Waals surface area contributed by atoms with Crippen LogP contribution in [0.3, 0.4) is 0 Å². The number of rotatable bonds is 12. The van der Waals surface area contributed by atoms with Gasteiger partial charge >= 0.3 is 6.36 Å². The monoisotopic (exact) mass is 535 g/mol. The van der Waals surface area contributed by atoms with Crippen molar-refractivity contribution in [2.45, 2.75) is 45.5 Å². The number of anilines is 1. The first-order chi connectivity index (χ1) is 18.1. The third kappa shape index (κ3) is 9.55. The standard InChI is InChI=1S/C28H36F3N3O4/c1-20(2)25(19-32-22-11-13-23(14-12-22)38-28(29,30)31)33-26(35)24(27(36)34-15-17-37-18-16-34)10-6-9-21-7-4-3-5-8-21/h3-5,7-8,11-14,20,24-25,32H,6,9-10,15-19H2,1-2H3,(H,33,35)/t24-,25-/m1/s1. The molecule has 2 aromatic rings. The highest BCUT2D eigenvalue weighted by Gasteiger charge is 2.33. The lowest BCUT2D eigenvalue weighted by atomic mass is 9.95. The molecule has 1 saturated heterocycles. The number of aryl methyl sites for hydroxylation is 1. The number of amides is 2. The molecule has 0 spiro atoms. The van der Waals surface area contributed by atoms with Crippen LogP contribution in [0.5, 0.6) is 5.75 Å². The van der Waals surface area contributed by atoms with E-state index in [0.29, 0.717) is 51.4 Å². The van der Waals surface area contributed by atoms with Gasteiger partial charge in [-0.25, -0.2) is 0 Å². The molecule has 1 aliphatic heterocycles. The number of ether oxygens (including phenoxy) is 2. The minimum Gasteiger partial charge on any atom is -0.406 e. The van der Waals surface area contributed by atoms with E-state index in [1.54, 1.807) is 4.90 Å². The third-order valence-corrected chi connectivity index (χ3v) is 6.48. The maximum absolute atomic E-state index is 13.4. The largest absolute Gasteiger partial charge is 0.573 e. The van der Waals surface area contributed by atoms with E-state index >= 15 is 0 Å². The lowest BCUT2D eigenvalue weighted by molar-refractivity contribution is -0.274. The number of benzene rings is 2. The highest BCUT2D eigenvalue weighted by Crippen LogP contribution is 2.24. The van der Waals surface area contributed by atoms with Gasteiger partial charge in [0.1, 0.15) is 11.7 Å². The first-order valence-electron chi connectivity index (χ1n) is 12.9. The van der Waals surface area contributed by atoms with Crippen molar-refractivity contribution >= 4 is 17.5 Å². The Balaban J connectivity index is 1.62. The molecule has 2 aromatic carbocycles. The molecule has 0 radical (unpaired) electrons. The summed E-state index contributed by atoms with van der Waals surface area (Å²) in [7, 11) is 0. The van der Waals surface area contributed by atoms with Crippen molar-refractivity contribution in [3.05, 3.63) is 60.2 Å². The maximum atomic E-state index is 13.4. The van der Waals surface area contributed by atoms with E-state index in [-0.39, 0.29) is 29.5 Å². The second kappa shape index (κ2) is 14.0. The van der Waals surface area contributed by atoms with Gasteiger partial charge in [0.2, 0.25) is 11.8 Å². The molecule has 0 aliphatic carbocycles. The lowest BCUT2D eigenvalue weighted by Gasteiger charge is -2.31. The molecule has 2 atom stereocenters. The van der Waals surface area contributed by atoms with Crippen molar-refractivity contribution in [3.8, 4) is 5.75 Å². The fourth-order valence-corrected chi connectivity index (χ4v) is 4.26. The van der Waals surface area contributed by atoms with Crippen LogP contribution in [-0.2, 0) is 20.7 Å². The quantitative estimate of drug-likeness (QED) is 0.388. The van der Waals surface area contributed by atoms with Gasteiger partial charge in [0.15, 0.2) is 0 Å². The van der Waals surface area contributed by atoms with Gasteiger partial charge in [-0.2, -0.15) is 0 Å². The van der Waals surface area contributed by atoms with Crippen LogP contribution in [0.4, 0.5) is 18.9 Å². The van der Waals surface area contributed by atoms with Gasteiger partial charge in [0.25, 0.3) is 0 Å². The van der Waals surface area contributed by atoms with E-state index in [9.17, 15) is 22.8 Å². The minimum absolute atomic E-state index is 0.0442. The van der Waals surface area contributed by atoms with E-state index in [2.05, 4.69) is 15.4 Å². The SMILES string of the molecule is CC(C)[C@@H](CNc1ccc(OC(F)(F)F)cc1)NC(=O)[C@@H](CCCc1ccccc1)C(=O)N1CCOCC1. The van der Waals surface area contributed by atoms with Crippen LogP contribution in [0.15, 0.2) is 54.6 Å². The average molecular weight is 536 g/mol. The molecule has 0 unspecified atom stereocenters. The molecule has 2 N–H and O–H groups in total. The predicted molar refractivity (Wildman–Crippen MR) is 139 cm³/mol. The maximum Gasteiger partial charge on any atom is 0.573 e. The molecular weight excluding hydrogens is 499 g/mol.